The number of rotatable bonds is 4. The van der Waals surface area contributed by atoms with E-state index in [1.807, 2.05) is 0 Å². The number of hydrogen-bond donors (Lipinski definition) is 1. The van der Waals surface area contributed by atoms with Gasteiger partial charge in [-0.25, -0.2) is 0 Å². The molecule has 20 heavy (non-hydrogen) atoms. The summed E-state index contributed by atoms with van der Waals surface area (Å²) in [7, 11) is 0. The molecular formula is C18H36N2. The molecule has 0 radical (unpaired) electrons. The van der Waals surface area contributed by atoms with Crippen molar-refractivity contribution in [2.45, 2.75) is 84.7 Å². The lowest BCUT2D eigenvalue weighted by Crippen LogP contribution is -2.54. The maximum absolute atomic E-state index is 6.07. The van der Waals surface area contributed by atoms with Gasteiger partial charge < -0.3 is 5.73 Å². The Morgan fingerprint density at radius 3 is 2.30 bits per heavy atom. The lowest BCUT2D eigenvalue weighted by atomic mass is 9.68. The molecule has 0 aromatic carbocycles. The molecule has 2 rings (SSSR count). The van der Waals surface area contributed by atoms with Crippen LogP contribution in [0.25, 0.3) is 0 Å². The third-order valence-electron chi connectivity index (χ3n) is 6.58. The molecule has 2 fully saturated rings. The van der Waals surface area contributed by atoms with Crippen LogP contribution in [0.3, 0.4) is 0 Å². The van der Waals surface area contributed by atoms with Gasteiger partial charge in [-0.05, 0) is 62.3 Å². The van der Waals surface area contributed by atoms with Crippen molar-refractivity contribution in [3.8, 4) is 0 Å². The first kappa shape index (κ1) is 16.3. The van der Waals surface area contributed by atoms with Crippen molar-refractivity contribution in [1.29, 1.82) is 0 Å². The highest BCUT2D eigenvalue weighted by atomic mass is 15.2. The van der Waals surface area contributed by atoms with Crippen LogP contribution in [0.2, 0.25) is 0 Å². The molecule has 0 aromatic rings. The molecule has 1 aliphatic heterocycles. The minimum absolute atomic E-state index is 0.535. The summed E-state index contributed by atoms with van der Waals surface area (Å²) in [6.45, 7) is 11.8. The summed E-state index contributed by atoms with van der Waals surface area (Å²) in [5.41, 5.74) is 6.60. The smallest absolute Gasteiger partial charge is 0.0246 e. The number of nitrogens with zero attached hydrogens (tertiary/aromatic N) is 1. The normalized spacial score (nSPS) is 37.0. The number of hydrogen-bond acceptors (Lipinski definition) is 2. The van der Waals surface area contributed by atoms with Gasteiger partial charge in [0, 0.05) is 18.6 Å². The quantitative estimate of drug-likeness (QED) is 0.842. The summed E-state index contributed by atoms with van der Waals surface area (Å²) >= 11 is 0. The summed E-state index contributed by atoms with van der Waals surface area (Å²) in [6.07, 6.45) is 9.71. The van der Waals surface area contributed by atoms with Crippen LogP contribution < -0.4 is 5.73 Å². The zero-order valence-corrected chi connectivity index (χ0v) is 14.2. The molecule has 2 unspecified atom stereocenters. The van der Waals surface area contributed by atoms with E-state index in [1.54, 1.807) is 0 Å². The molecule has 1 saturated carbocycles. The van der Waals surface area contributed by atoms with E-state index in [2.05, 4.69) is 32.6 Å². The fourth-order valence-corrected chi connectivity index (χ4v) is 4.58. The highest BCUT2D eigenvalue weighted by Gasteiger charge is 2.37. The molecule has 1 heterocycles. The minimum atomic E-state index is 0.535. The Morgan fingerprint density at radius 2 is 1.75 bits per heavy atom. The summed E-state index contributed by atoms with van der Waals surface area (Å²) in [5, 5.41) is 0. The van der Waals surface area contributed by atoms with E-state index in [4.69, 9.17) is 5.73 Å². The van der Waals surface area contributed by atoms with Crippen LogP contribution in [0.5, 0.6) is 0 Å². The van der Waals surface area contributed by atoms with Gasteiger partial charge in [0.2, 0.25) is 0 Å². The van der Waals surface area contributed by atoms with Gasteiger partial charge in [0.15, 0.2) is 0 Å². The summed E-state index contributed by atoms with van der Waals surface area (Å²) in [6, 6.07) is 1.46. The van der Waals surface area contributed by atoms with E-state index in [-0.39, 0.29) is 0 Å². The number of piperidine rings is 1. The first-order chi connectivity index (χ1) is 9.49. The van der Waals surface area contributed by atoms with Crippen molar-refractivity contribution < 1.29 is 0 Å². The van der Waals surface area contributed by atoms with Crippen LogP contribution in [-0.4, -0.2) is 30.1 Å². The van der Waals surface area contributed by atoms with Crippen molar-refractivity contribution in [2.75, 3.05) is 13.1 Å². The zero-order chi connectivity index (χ0) is 14.8. The molecule has 0 aromatic heterocycles. The van der Waals surface area contributed by atoms with Crippen LogP contribution in [0, 0.1) is 17.3 Å². The van der Waals surface area contributed by atoms with Gasteiger partial charge in [-0.2, -0.15) is 0 Å². The third kappa shape index (κ3) is 3.39. The average Bonchev–Trinajstić information content (AvgIpc) is 2.47. The van der Waals surface area contributed by atoms with Crippen LogP contribution in [-0.2, 0) is 0 Å². The van der Waals surface area contributed by atoms with E-state index in [0.29, 0.717) is 11.5 Å². The highest BCUT2D eigenvalue weighted by molar-refractivity contribution is 4.91. The molecule has 0 amide bonds. The molecule has 1 aliphatic carbocycles. The Balaban J connectivity index is 1.93. The SMILES string of the molecule is CCC(C)(C)C1CCC(N2CCCC(C)C2CN)CC1. The molecular weight excluding hydrogens is 244 g/mol. The second kappa shape index (κ2) is 6.79. The summed E-state index contributed by atoms with van der Waals surface area (Å²) in [4.78, 5) is 2.78. The Morgan fingerprint density at radius 1 is 1.10 bits per heavy atom. The molecule has 1 saturated heterocycles. The highest BCUT2D eigenvalue weighted by Crippen LogP contribution is 2.42. The van der Waals surface area contributed by atoms with E-state index in [0.717, 1.165) is 24.4 Å². The van der Waals surface area contributed by atoms with Gasteiger partial charge in [-0.1, -0.05) is 34.1 Å². The minimum Gasteiger partial charge on any atom is -0.329 e. The van der Waals surface area contributed by atoms with Crippen LogP contribution in [0.4, 0.5) is 0 Å². The predicted molar refractivity (Wildman–Crippen MR) is 87.8 cm³/mol. The lowest BCUT2D eigenvalue weighted by molar-refractivity contribution is 0.0224. The van der Waals surface area contributed by atoms with Gasteiger partial charge in [-0.3, -0.25) is 4.90 Å². The lowest BCUT2D eigenvalue weighted by Gasteiger charge is -2.48. The van der Waals surface area contributed by atoms with Crippen LogP contribution >= 0.6 is 0 Å². The second-order valence-electron chi connectivity index (χ2n) is 8.01. The van der Waals surface area contributed by atoms with Crippen molar-refractivity contribution in [3.05, 3.63) is 0 Å². The Kier molecular flexibility index (Phi) is 5.53. The van der Waals surface area contributed by atoms with Crippen molar-refractivity contribution in [3.63, 3.8) is 0 Å². The van der Waals surface area contributed by atoms with Crippen LogP contribution in [0.15, 0.2) is 0 Å². The van der Waals surface area contributed by atoms with Gasteiger partial charge >= 0.3 is 0 Å². The summed E-state index contributed by atoms with van der Waals surface area (Å²) in [5.74, 6) is 1.72. The fraction of sp³-hybridized carbons (Fsp3) is 1.00. The Labute approximate surface area is 126 Å². The standard InChI is InChI=1S/C18H36N2/c1-5-18(3,4)15-8-10-16(11-9-15)20-12-6-7-14(2)17(20)13-19/h14-17H,5-13,19H2,1-4H3. The predicted octanol–water partition coefficient (Wildman–Crippen LogP) is 4.04. The zero-order valence-electron chi connectivity index (χ0n) is 14.2. The molecule has 2 atom stereocenters. The van der Waals surface area contributed by atoms with Gasteiger partial charge in [0.05, 0.1) is 0 Å². The molecule has 2 aliphatic rings. The molecule has 2 N–H and O–H groups in total. The van der Waals surface area contributed by atoms with E-state index in [1.165, 1.54) is 51.5 Å². The molecule has 2 heteroatoms. The van der Waals surface area contributed by atoms with E-state index < -0.39 is 0 Å². The second-order valence-corrected chi connectivity index (χ2v) is 8.01. The Hall–Kier alpha value is -0.0800. The Bertz CT molecular complexity index is 292. The van der Waals surface area contributed by atoms with E-state index in [9.17, 15) is 0 Å². The number of likely N-dealkylation sites (tertiary alicyclic amines) is 1. The molecule has 118 valence electrons. The van der Waals surface area contributed by atoms with Crippen molar-refractivity contribution >= 4 is 0 Å². The van der Waals surface area contributed by atoms with Gasteiger partial charge in [0.1, 0.15) is 0 Å². The molecule has 0 spiro atoms. The van der Waals surface area contributed by atoms with E-state index >= 15 is 0 Å². The maximum Gasteiger partial charge on any atom is 0.0246 e. The largest absolute Gasteiger partial charge is 0.329 e. The first-order valence-corrected chi connectivity index (χ1v) is 8.95. The van der Waals surface area contributed by atoms with Gasteiger partial charge in [0.25, 0.3) is 0 Å². The topological polar surface area (TPSA) is 29.3 Å². The number of nitrogens with two attached hydrogens (primary N) is 1. The van der Waals surface area contributed by atoms with Gasteiger partial charge in [-0.15, -0.1) is 0 Å². The molecule has 2 nitrogen and oxygen atoms in total. The van der Waals surface area contributed by atoms with Crippen molar-refractivity contribution in [2.24, 2.45) is 23.0 Å². The maximum atomic E-state index is 6.07. The summed E-state index contributed by atoms with van der Waals surface area (Å²) < 4.78 is 0. The first-order valence-electron chi connectivity index (χ1n) is 8.95. The fourth-order valence-electron chi connectivity index (χ4n) is 4.58. The molecule has 0 bridgehead atoms. The van der Waals surface area contributed by atoms with Crippen LogP contribution in [0.1, 0.15) is 72.6 Å². The van der Waals surface area contributed by atoms with Crippen molar-refractivity contribution in [1.82, 2.24) is 4.90 Å². The monoisotopic (exact) mass is 280 g/mol. The third-order valence-corrected chi connectivity index (χ3v) is 6.58. The average molecular weight is 280 g/mol.